The maximum atomic E-state index is 3.76. The molecule has 10 heavy (non-hydrogen) atoms. The first-order valence-corrected chi connectivity index (χ1v) is 3.03. The number of rotatable bonds is 0. The van der Waals surface area contributed by atoms with Crippen LogP contribution in [0.1, 0.15) is 0 Å². The Balaban J connectivity index is 0.000000371. The zero-order valence-corrected chi connectivity index (χ0v) is 6.14. The second-order valence-corrected chi connectivity index (χ2v) is 1.77. The first-order valence-electron chi connectivity index (χ1n) is 3.03. The van der Waals surface area contributed by atoms with Crippen molar-refractivity contribution in [3.8, 4) is 0 Å². The van der Waals surface area contributed by atoms with Crippen molar-refractivity contribution in [2.75, 3.05) is 0 Å². The largest absolute Gasteiger partial charge is 0.106 e. The van der Waals surface area contributed by atoms with Gasteiger partial charge >= 0.3 is 0 Å². The van der Waals surface area contributed by atoms with Crippen molar-refractivity contribution in [1.82, 2.24) is 0 Å². The molecule has 0 heteroatoms. The van der Waals surface area contributed by atoms with E-state index in [2.05, 4.69) is 26.3 Å². The van der Waals surface area contributed by atoms with Crippen LogP contribution in [0.3, 0.4) is 0 Å². The summed E-state index contributed by atoms with van der Waals surface area (Å²) in [6.07, 6.45) is 0. The lowest BCUT2D eigenvalue weighted by Gasteiger charge is -1.79. The van der Waals surface area contributed by atoms with Crippen LogP contribution in [0.25, 0.3) is 13.2 Å². The van der Waals surface area contributed by atoms with Crippen molar-refractivity contribution in [3.05, 3.63) is 47.9 Å². The first-order chi connectivity index (χ1) is 4.80. The van der Waals surface area contributed by atoms with E-state index in [1.807, 2.05) is 24.3 Å². The molecule has 0 amide bonds. The van der Waals surface area contributed by atoms with E-state index in [1.165, 1.54) is 0 Å². The molecule has 0 bridgehead atoms. The summed E-state index contributed by atoms with van der Waals surface area (Å²) in [5, 5.41) is 2.01. The molecule has 0 aromatic heterocycles. The van der Waals surface area contributed by atoms with E-state index < -0.39 is 0 Å². The minimum absolute atomic E-state index is 1.01. The van der Waals surface area contributed by atoms with Crippen LogP contribution in [0.2, 0.25) is 0 Å². The van der Waals surface area contributed by atoms with Crippen LogP contribution < -0.4 is 10.4 Å². The van der Waals surface area contributed by atoms with E-state index in [9.17, 15) is 0 Å². The topological polar surface area (TPSA) is 0 Å². The molecule has 0 radical (unpaired) electrons. The fraction of sp³-hybridized carbons (Fsp3) is 0. The summed E-state index contributed by atoms with van der Waals surface area (Å²) in [6.45, 7) is 13.5. The third-order valence-corrected chi connectivity index (χ3v) is 1.12. The molecule has 0 N–H and O–H groups in total. The Morgan fingerprint density at radius 3 is 1.30 bits per heavy atom. The van der Waals surface area contributed by atoms with Gasteiger partial charge in [0.15, 0.2) is 0 Å². The SMILES string of the molecule is C=C.C=c1ccccc1=C. The minimum atomic E-state index is 1.01. The van der Waals surface area contributed by atoms with Crippen LogP contribution in [-0.2, 0) is 0 Å². The van der Waals surface area contributed by atoms with Gasteiger partial charge in [0.2, 0.25) is 0 Å². The van der Waals surface area contributed by atoms with Gasteiger partial charge < -0.3 is 0 Å². The minimum Gasteiger partial charge on any atom is -0.106 e. The molecular formula is C10H12. The molecule has 0 unspecified atom stereocenters. The van der Waals surface area contributed by atoms with Crippen molar-refractivity contribution in [1.29, 1.82) is 0 Å². The van der Waals surface area contributed by atoms with Gasteiger partial charge in [-0.15, -0.1) is 13.2 Å². The molecule has 0 saturated heterocycles. The second-order valence-electron chi connectivity index (χ2n) is 1.77. The fourth-order valence-corrected chi connectivity index (χ4v) is 0.557. The van der Waals surface area contributed by atoms with Gasteiger partial charge in [0, 0.05) is 0 Å². The maximum Gasteiger partial charge on any atom is -0.0262 e. The van der Waals surface area contributed by atoms with Crippen molar-refractivity contribution < 1.29 is 0 Å². The lowest BCUT2D eigenvalue weighted by Crippen LogP contribution is -2.19. The Kier molecular flexibility index (Phi) is 3.97. The van der Waals surface area contributed by atoms with Gasteiger partial charge in [-0.1, -0.05) is 37.4 Å². The van der Waals surface area contributed by atoms with E-state index >= 15 is 0 Å². The summed E-state index contributed by atoms with van der Waals surface area (Å²) in [5.74, 6) is 0. The molecule has 0 heterocycles. The molecule has 1 aromatic carbocycles. The Labute approximate surface area is 61.8 Å². The van der Waals surface area contributed by atoms with E-state index in [-0.39, 0.29) is 0 Å². The van der Waals surface area contributed by atoms with Gasteiger partial charge in [0.05, 0.1) is 0 Å². The van der Waals surface area contributed by atoms with Crippen LogP contribution in [-0.4, -0.2) is 0 Å². The second kappa shape index (κ2) is 4.57. The first kappa shape index (κ1) is 8.70. The standard InChI is InChI=1S/C8H8.C2H4/c1-7-5-3-4-6-8(7)2;1-2/h3-6H,1-2H2;1-2H2. The molecule has 0 saturated carbocycles. The summed E-state index contributed by atoms with van der Waals surface area (Å²) in [7, 11) is 0. The van der Waals surface area contributed by atoms with E-state index in [0.29, 0.717) is 0 Å². The molecule has 0 aliphatic heterocycles. The average molecular weight is 132 g/mol. The normalized spacial score (nSPS) is 7.60. The Hall–Kier alpha value is -1.30. The number of benzene rings is 1. The average Bonchev–Trinajstić information content (AvgIpc) is 2.00. The molecule has 52 valence electrons. The lowest BCUT2D eigenvalue weighted by molar-refractivity contribution is 1.55. The van der Waals surface area contributed by atoms with Crippen LogP contribution in [0.15, 0.2) is 37.4 Å². The molecule has 0 fully saturated rings. The Morgan fingerprint density at radius 1 is 0.800 bits per heavy atom. The molecule has 0 nitrogen and oxygen atoms in total. The van der Waals surface area contributed by atoms with Crippen molar-refractivity contribution in [3.63, 3.8) is 0 Å². The van der Waals surface area contributed by atoms with E-state index in [0.717, 1.165) is 10.4 Å². The predicted octanol–water partition coefficient (Wildman–Crippen LogP) is 1.31. The third kappa shape index (κ3) is 2.31. The summed E-state index contributed by atoms with van der Waals surface area (Å²) in [4.78, 5) is 0. The summed E-state index contributed by atoms with van der Waals surface area (Å²) >= 11 is 0. The van der Waals surface area contributed by atoms with Crippen LogP contribution in [0.4, 0.5) is 0 Å². The van der Waals surface area contributed by atoms with Crippen molar-refractivity contribution >= 4 is 13.2 Å². The monoisotopic (exact) mass is 132 g/mol. The highest BCUT2D eigenvalue weighted by molar-refractivity contribution is 5.15. The van der Waals surface area contributed by atoms with Gasteiger partial charge in [-0.05, 0) is 10.4 Å². The maximum absolute atomic E-state index is 3.76. The highest BCUT2D eigenvalue weighted by Crippen LogP contribution is 1.66. The van der Waals surface area contributed by atoms with Crippen LogP contribution in [0, 0.1) is 0 Å². The number of hydrogen-bond donors (Lipinski definition) is 0. The summed E-state index contributed by atoms with van der Waals surface area (Å²) in [6, 6.07) is 7.80. The van der Waals surface area contributed by atoms with Crippen LogP contribution >= 0.6 is 0 Å². The molecule has 1 aromatic rings. The van der Waals surface area contributed by atoms with Gasteiger partial charge in [0.1, 0.15) is 0 Å². The molecule has 0 atom stereocenters. The van der Waals surface area contributed by atoms with Gasteiger partial charge in [-0.25, -0.2) is 0 Å². The highest BCUT2D eigenvalue weighted by Gasteiger charge is 1.71. The van der Waals surface area contributed by atoms with Crippen molar-refractivity contribution in [2.24, 2.45) is 0 Å². The van der Waals surface area contributed by atoms with Crippen LogP contribution in [0.5, 0.6) is 0 Å². The summed E-state index contributed by atoms with van der Waals surface area (Å²) < 4.78 is 0. The molecular weight excluding hydrogens is 120 g/mol. The predicted molar refractivity (Wildman–Crippen MR) is 48.0 cm³/mol. The molecule has 1 rings (SSSR count). The number of hydrogen-bond acceptors (Lipinski definition) is 0. The third-order valence-electron chi connectivity index (χ3n) is 1.12. The Bertz CT molecular complexity index is 243. The molecule has 0 spiro atoms. The van der Waals surface area contributed by atoms with E-state index in [4.69, 9.17) is 0 Å². The lowest BCUT2D eigenvalue weighted by atomic mass is 10.3. The Morgan fingerprint density at radius 2 is 1.10 bits per heavy atom. The fourth-order valence-electron chi connectivity index (χ4n) is 0.557. The molecule has 0 aliphatic rings. The molecule has 0 aliphatic carbocycles. The van der Waals surface area contributed by atoms with Gasteiger partial charge in [-0.3, -0.25) is 0 Å². The summed E-state index contributed by atoms with van der Waals surface area (Å²) in [5.41, 5.74) is 0. The zero-order valence-electron chi connectivity index (χ0n) is 6.14. The zero-order chi connectivity index (χ0) is 7.98. The quantitative estimate of drug-likeness (QED) is 0.467. The van der Waals surface area contributed by atoms with Gasteiger partial charge in [0.25, 0.3) is 0 Å². The smallest absolute Gasteiger partial charge is 0.0262 e. The van der Waals surface area contributed by atoms with Crippen molar-refractivity contribution in [2.45, 2.75) is 0 Å². The van der Waals surface area contributed by atoms with Gasteiger partial charge in [-0.2, -0.15) is 0 Å². The van der Waals surface area contributed by atoms with E-state index in [1.54, 1.807) is 0 Å². The highest BCUT2D eigenvalue weighted by atomic mass is 13.8.